The van der Waals surface area contributed by atoms with Crippen molar-refractivity contribution in [3.05, 3.63) is 52.6 Å². The van der Waals surface area contributed by atoms with Crippen LogP contribution in [0.5, 0.6) is 11.5 Å². The molecule has 1 aliphatic rings. The Morgan fingerprint density at radius 2 is 2.08 bits per heavy atom. The first-order valence-electron chi connectivity index (χ1n) is 8.30. The molecule has 7 nitrogen and oxygen atoms in total. The molecule has 0 spiro atoms. The van der Waals surface area contributed by atoms with Crippen LogP contribution in [0.25, 0.3) is 11.0 Å². The molecule has 1 fully saturated rings. The van der Waals surface area contributed by atoms with Crippen LogP contribution in [-0.2, 0) is 6.54 Å². The van der Waals surface area contributed by atoms with Crippen LogP contribution in [0.4, 0.5) is 0 Å². The fourth-order valence-electron chi connectivity index (χ4n) is 3.51. The van der Waals surface area contributed by atoms with Crippen LogP contribution in [0.1, 0.15) is 24.4 Å². The monoisotopic (exact) mass is 341 g/mol. The van der Waals surface area contributed by atoms with Gasteiger partial charge in [-0.2, -0.15) is 5.10 Å². The van der Waals surface area contributed by atoms with E-state index in [2.05, 4.69) is 10.00 Å². The maximum Gasteiger partial charge on any atom is 0.336 e. The van der Waals surface area contributed by atoms with E-state index >= 15 is 0 Å². The molecule has 0 aliphatic carbocycles. The molecule has 1 aromatic carbocycles. The summed E-state index contributed by atoms with van der Waals surface area (Å²) < 4.78 is 7.13. The van der Waals surface area contributed by atoms with Gasteiger partial charge in [-0.05, 0) is 37.1 Å². The Balaban J connectivity index is 1.64. The molecule has 1 saturated heterocycles. The first-order valence-corrected chi connectivity index (χ1v) is 8.30. The number of benzene rings is 1. The van der Waals surface area contributed by atoms with Crippen molar-refractivity contribution in [1.29, 1.82) is 0 Å². The predicted octanol–water partition coefficient (Wildman–Crippen LogP) is 2.24. The summed E-state index contributed by atoms with van der Waals surface area (Å²) in [6, 6.07) is 6.41. The van der Waals surface area contributed by atoms with Crippen molar-refractivity contribution < 1.29 is 14.6 Å². The number of phenols is 2. The predicted molar refractivity (Wildman–Crippen MR) is 91.6 cm³/mol. The highest BCUT2D eigenvalue weighted by Gasteiger charge is 2.22. The fraction of sp³-hybridized carbons (Fsp3) is 0.333. The number of aromatic nitrogens is 2. The lowest BCUT2D eigenvalue weighted by molar-refractivity contribution is 0.163. The van der Waals surface area contributed by atoms with Gasteiger partial charge in [0.05, 0.1) is 6.04 Å². The Bertz CT molecular complexity index is 949. The highest BCUT2D eigenvalue weighted by Crippen LogP contribution is 2.32. The number of rotatable bonds is 3. The summed E-state index contributed by atoms with van der Waals surface area (Å²) in [6.45, 7) is 2.35. The minimum absolute atomic E-state index is 0.226. The van der Waals surface area contributed by atoms with Gasteiger partial charge in [-0.15, -0.1) is 0 Å². The van der Waals surface area contributed by atoms with Crippen molar-refractivity contribution >= 4 is 11.0 Å². The molecule has 1 atom stereocenters. The Labute approximate surface area is 143 Å². The van der Waals surface area contributed by atoms with Crippen molar-refractivity contribution in [1.82, 2.24) is 14.7 Å². The standard InChI is InChI=1S/C18H19N3O4/c22-15-8-14-12(7-18(24)25-17(14)9-16(15)23)10-20-5-1-3-13(11-20)21-6-2-4-19-21/h2,4,6-9,13,22-23H,1,3,5,10-11H2. The SMILES string of the molecule is O=c1cc(CN2CCCC(n3cccn3)C2)c2cc(O)c(O)cc2o1. The molecular formula is C18H19N3O4. The van der Waals surface area contributed by atoms with Crippen molar-refractivity contribution in [3.8, 4) is 11.5 Å². The molecule has 25 heavy (non-hydrogen) atoms. The Kier molecular flexibility index (Phi) is 3.93. The van der Waals surface area contributed by atoms with E-state index in [1.54, 1.807) is 6.20 Å². The number of likely N-dealkylation sites (tertiary alicyclic amines) is 1. The molecule has 2 N–H and O–H groups in total. The maximum atomic E-state index is 11.8. The third-order valence-corrected chi connectivity index (χ3v) is 4.70. The second-order valence-corrected chi connectivity index (χ2v) is 6.44. The summed E-state index contributed by atoms with van der Waals surface area (Å²) in [7, 11) is 0. The van der Waals surface area contributed by atoms with Crippen LogP contribution in [-0.4, -0.2) is 38.0 Å². The summed E-state index contributed by atoms with van der Waals surface area (Å²) in [5.41, 5.74) is 0.592. The molecular weight excluding hydrogens is 322 g/mol. The average Bonchev–Trinajstić information content (AvgIpc) is 3.11. The van der Waals surface area contributed by atoms with Crippen molar-refractivity contribution in [2.75, 3.05) is 13.1 Å². The minimum atomic E-state index is -0.465. The normalized spacial score (nSPS) is 18.6. The van der Waals surface area contributed by atoms with Crippen molar-refractivity contribution in [2.45, 2.75) is 25.4 Å². The van der Waals surface area contributed by atoms with E-state index in [9.17, 15) is 15.0 Å². The molecule has 7 heteroatoms. The van der Waals surface area contributed by atoms with Crippen LogP contribution < -0.4 is 5.63 Å². The number of nitrogens with zero attached hydrogens (tertiary/aromatic N) is 3. The van der Waals surface area contributed by atoms with Gasteiger partial charge in [-0.3, -0.25) is 9.58 Å². The highest BCUT2D eigenvalue weighted by molar-refractivity contribution is 5.83. The minimum Gasteiger partial charge on any atom is -0.504 e. The largest absolute Gasteiger partial charge is 0.504 e. The molecule has 0 radical (unpaired) electrons. The second kappa shape index (κ2) is 6.25. The summed E-state index contributed by atoms with van der Waals surface area (Å²) in [4.78, 5) is 14.1. The maximum absolute atomic E-state index is 11.8. The lowest BCUT2D eigenvalue weighted by atomic mass is 10.0. The lowest BCUT2D eigenvalue weighted by Crippen LogP contribution is -2.36. The Hall–Kier alpha value is -2.80. The smallest absolute Gasteiger partial charge is 0.336 e. The number of phenolic OH excluding ortho intramolecular Hbond substituents is 2. The van der Waals surface area contributed by atoms with E-state index in [4.69, 9.17) is 4.42 Å². The van der Waals surface area contributed by atoms with Gasteiger partial charge in [-0.1, -0.05) is 0 Å². The van der Waals surface area contributed by atoms with Gasteiger partial charge in [0.25, 0.3) is 0 Å². The second-order valence-electron chi connectivity index (χ2n) is 6.44. The third kappa shape index (κ3) is 3.10. The summed E-state index contributed by atoms with van der Waals surface area (Å²) >= 11 is 0. The Morgan fingerprint density at radius 1 is 1.24 bits per heavy atom. The number of hydrogen-bond donors (Lipinski definition) is 2. The zero-order valence-corrected chi connectivity index (χ0v) is 13.6. The van der Waals surface area contributed by atoms with E-state index in [1.165, 1.54) is 18.2 Å². The van der Waals surface area contributed by atoms with Gasteiger partial charge in [0, 0.05) is 43.0 Å². The molecule has 3 heterocycles. The van der Waals surface area contributed by atoms with E-state index in [-0.39, 0.29) is 17.1 Å². The molecule has 130 valence electrons. The van der Waals surface area contributed by atoms with Crippen LogP contribution in [0.3, 0.4) is 0 Å². The highest BCUT2D eigenvalue weighted by atomic mass is 16.4. The number of hydrogen-bond acceptors (Lipinski definition) is 6. The summed E-state index contributed by atoms with van der Waals surface area (Å²) in [6.07, 6.45) is 5.88. The summed E-state index contributed by atoms with van der Waals surface area (Å²) in [5, 5.41) is 24.4. The zero-order chi connectivity index (χ0) is 17.4. The molecule has 3 aromatic rings. The first-order chi connectivity index (χ1) is 12.1. The van der Waals surface area contributed by atoms with Crippen molar-refractivity contribution in [2.24, 2.45) is 0 Å². The van der Waals surface area contributed by atoms with Gasteiger partial charge in [0.15, 0.2) is 11.5 Å². The van der Waals surface area contributed by atoms with Gasteiger partial charge >= 0.3 is 5.63 Å². The fourth-order valence-corrected chi connectivity index (χ4v) is 3.51. The van der Waals surface area contributed by atoms with E-state index in [0.717, 1.165) is 31.5 Å². The lowest BCUT2D eigenvalue weighted by Gasteiger charge is -2.33. The third-order valence-electron chi connectivity index (χ3n) is 4.70. The van der Waals surface area contributed by atoms with Crippen molar-refractivity contribution in [3.63, 3.8) is 0 Å². The van der Waals surface area contributed by atoms with Gasteiger partial charge in [0.2, 0.25) is 0 Å². The topological polar surface area (TPSA) is 91.7 Å². The molecule has 0 bridgehead atoms. The van der Waals surface area contributed by atoms with E-state index in [0.29, 0.717) is 18.0 Å². The van der Waals surface area contributed by atoms with Gasteiger partial charge < -0.3 is 14.6 Å². The molecule has 1 aliphatic heterocycles. The van der Waals surface area contributed by atoms with Crippen LogP contribution >= 0.6 is 0 Å². The number of aromatic hydroxyl groups is 2. The molecule has 2 aromatic heterocycles. The van der Waals surface area contributed by atoms with E-state index < -0.39 is 5.63 Å². The zero-order valence-electron chi connectivity index (χ0n) is 13.6. The number of piperidine rings is 1. The molecule has 0 amide bonds. The van der Waals surface area contributed by atoms with E-state index in [1.807, 2.05) is 16.9 Å². The molecule has 4 rings (SSSR count). The van der Waals surface area contributed by atoms with Crippen LogP contribution in [0.2, 0.25) is 0 Å². The molecule has 0 saturated carbocycles. The first kappa shape index (κ1) is 15.7. The average molecular weight is 341 g/mol. The molecule has 1 unspecified atom stereocenters. The summed E-state index contributed by atoms with van der Waals surface area (Å²) in [5.74, 6) is -0.528. The van der Waals surface area contributed by atoms with Crippen LogP contribution in [0, 0.1) is 0 Å². The number of fused-ring (bicyclic) bond motifs is 1. The van der Waals surface area contributed by atoms with Crippen LogP contribution in [0.15, 0.2) is 45.9 Å². The quantitative estimate of drug-likeness (QED) is 0.561. The Morgan fingerprint density at radius 3 is 2.88 bits per heavy atom. The van der Waals surface area contributed by atoms with Gasteiger partial charge in [-0.25, -0.2) is 4.79 Å². The van der Waals surface area contributed by atoms with Gasteiger partial charge in [0.1, 0.15) is 5.58 Å².